The van der Waals surface area contributed by atoms with Gasteiger partial charge in [0.2, 0.25) is 0 Å². The Bertz CT molecular complexity index is 591. The number of hydrogen-bond acceptors (Lipinski definition) is 4. The molecule has 1 saturated carbocycles. The van der Waals surface area contributed by atoms with Crippen LogP contribution in [0.4, 0.5) is 0 Å². The summed E-state index contributed by atoms with van der Waals surface area (Å²) < 4.78 is 2.90. The van der Waals surface area contributed by atoms with Crippen molar-refractivity contribution in [2.45, 2.75) is 38.3 Å². The van der Waals surface area contributed by atoms with E-state index >= 15 is 0 Å². The van der Waals surface area contributed by atoms with Crippen LogP contribution in [0.15, 0.2) is 23.2 Å². The van der Waals surface area contributed by atoms with Crippen molar-refractivity contribution in [3.63, 3.8) is 0 Å². The quantitative estimate of drug-likeness (QED) is 0.812. The lowest BCUT2D eigenvalue weighted by Crippen LogP contribution is -2.35. The minimum absolute atomic E-state index is 0.796. The molecule has 0 bridgehead atoms. The Morgan fingerprint density at radius 3 is 2.95 bits per heavy atom. The molecular weight excluding hydrogens is 330 g/mol. The minimum Gasteiger partial charge on any atom is -0.310 e. The highest BCUT2D eigenvalue weighted by Crippen LogP contribution is 2.21. The first-order valence-corrected chi connectivity index (χ1v) is 8.42. The van der Waals surface area contributed by atoms with Crippen LogP contribution in [0.25, 0.3) is 5.65 Å². The molecule has 1 N–H and O–H groups in total. The number of likely N-dealkylation sites (N-methyl/N-ethyl adjacent to an activating group) is 1. The van der Waals surface area contributed by atoms with Gasteiger partial charge < -0.3 is 10.2 Å². The molecule has 5 nitrogen and oxygen atoms in total. The lowest BCUT2D eigenvalue weighted by molar-refractivity contribution is 0.245. The molecule has 0 aliphatic heterocycles. The summed E-state index contributed by atoms with van der Waals surface area (Å²) in [7, 11) is 2.24. The maximum atomic E-state index is 4.37. The zero-order chi connectivity index (χ0) is 14.7. The van der Waals surface area contributed by atoms with Crippen LogP contribution in [0.5, 0.6) is 0 Å². The van der Waals surface area contributed by atoms with Gasteiger partial charge in [-0.1, -0.05) is 12.8 Å². The van der Waals surface area contributed by atoms with E-state index in [1.165, 1.54) is 25.7 Å². The molecule has 114 valence electrons. The number of aromatic nitrogens is 3. The van der Waals surface area contributed by atoms with Crippen molar-refractivity contribution in [1.82, 2.24) is 24.6 Å². The molecule has 0 amide bonds. The van der Waals surface area contributed by atoms with E-state index in [-0.39, 0.29) is 0 Å². The van der Waals surface area contributed by atoms with Gasteiger partial charge in [0.1, 0.15) is 4.60 Å². The second-order valence-electron chi connectivity index (χ2n) is 5.78. The predicted molar refractivity (Wildman–Crippen MR) is 87.3 cm³/mol. The Kier molecular flexibility index (Phi) is 4.87. The van der Waals surface area contributed by atoms with Crippen LogP contribution in [0.3, 0.4) is 0 Å². The molecule has 2 aromatic heterocycles. The Balaban J connectivity index is 1.49. The zero-order valence-electron chi connectivity index (χ0n) is 12.4. The Labute approximate surface area is 133 Å². The van der Waals surface area contributed by atoms with Crippen LogP contribution in [0, 0.1) is 0 Å². The largest absolute Gasteiger partial charge is 0.310 e. The first-order valence-electron chi connectivity index (χ1n) is 7.62. The zero-order valence-corrected chi connectivity index (χ0v) is 14.0. The van der Waals surface area contributed by atoms with E-state index in [0.717, 1.165) is 41.6 Å². The normalized spacial score (nSPS) is 16.3. The van der Waals surface area contributed by atoms with Gasteiger partial charge in [-0.2, -0.15) is 0 Å². The number of halogens is 1. The van der Waals surface area contributed by atoms with E-state index in [1.54, 1.807) is 6.20 Å². The van der Waals surface area contributed by atoms with Gasteiger partial charge in [0.05, 0.1) is 18.1 Å². The van der Waals surface area contributed by atoms with Crippen molar-refractivity contribution in [2.24, 2.45) is 0 Å². The molecule has 0 spiro atoms. The molecule has 1 aliphatic rings. The number of hydrogen-bond donors (Lipinski definition) is 1. The van der Waals surface area contributed by atoms with Crippen LogP contribution in [-0.4, -0.2) is 45.4 Å². The molecule has 0 aromatic carbocycles. The van der Waals surface area contributed by atoms with Crippen molar-refractivity contribution < 1.29 is 0 Å². The number of nitrogens with zero attached hydrogens (tertiary/aromatic N) is 4. The van der Waals surface area contributed by atoms with Gasteiger partial charge in [-0.15, -0.1) is 0 Å². The lowest BCUT2D eigenvalue weighted by atomic mass is 10.2. The fraction of sp³-hybridized carbons (Fsp3) is 0.600. The van der Waals surface area contributed by atoms with Gasteiger partial charge in [0, 0.05) is 31.9 Å². The Morgan fingerprint density at radius 2 is 2.14 bits per heavy atom. The number of fused-ring (bicyclic) bond motifs is 1. The molecule has 1 fully saturated rings. The van der Waals surface area contributed by atoms with E-state index in [9.17, 15) is 0 Å². The highest BCUT2D eigenvalue weighted by molar-refractivity contribution is 9.10. The van der Waals surface area contributed by atoms with Crippen molar-refractivity contribution in [2.75, 3.05) is 20.1 Å². The Morgan fingerprint density at radius 1 is 1.33 bits per heavy atom. The van der Waals surface area contributed by atoms with Crippen LogP contribution >= 0.6 is 15.9 Å². The van der Waals surface area contributed by atoms with E-state index in [4.69, 9.17) is 0 Å². The summed E-state index contributed by atoms with van der Waals surface area (Å²) in [6.07, 6.45) is 11.2. The number of nitrogens with one attached hydrogen (secondary N) is 1. The fourth-order valence-electron chi connectivity index (χ4n) is 3.05. The monoisotopic (exact) mass is 351 g/mol. The molecule has 0 radical (unpaired) electrons. The molecule has 21 heavy (non-hydrogen) atoms. The van der Waals surface area contributed by atoms with Crippen LogP contribution in [0.1, 0.15) is 31.4 Å². The summed E-state index contributed by atoms with van der Waals surface area (Å²) in [5, 5.41) is 3.52. The molecule has 2 heterocycles. The second kappa shape index (κ2) is 6.85. The third-order valence-corrected chi connectivity index (χ3v) is 4.75. The molecule has 0 saturated heterocycles. The average molecular weight is 352 g/mol. The summed E-state index contributed by atoms with van der Waals surface area (Å²) in [5.41, 5.74) is 2.05. The van der Waals surface area contributed by atoms with Crippen molar-refractivity contribution in [1.29, 1.82) is 0 Å². The van der Waals surface area contributed by atoms with E-state index in [1.807, 2.05) is 12.4 Å². The smallest absolute Gasteiger partial charge is 0.155 e. The maximum absolute atomic E-state index is 4.37. The van der Waals surface area contributed by atoms with Crippen LogP contribution < -0.4 is 5.32 Å². The SMILES string of the molecule is CN(CCNCc1cnc2cnc(Br)cn12)C1CCCC1. The summed E-state index contributed by atoms with van der Waals surface area (Å²) in [5.74, 6) is 0. The van der Waals surface area contributed by atoms with Gasteiger partial charge in [0.15, 0.2) is 5.65 Å². The summed E-state index contributed by atoms with van der Waals surface area (Å²) in [6.45, 7) is 2.94. The van der Waals surface area contributed by atoms with Gasteiger partial charge in [0.25, 0.3) is 0 Å². The predicted octanol–water partition coefficient (Wildman–Crippen LogP) is 2.46. The maximum Gasteiger partial charge on any atom is 0.155 e. The molecule has 2 aromatic rings. The molecule has 1 aliphatic carbocycles. The molecular formula is C15H22BrN5. The first-order chi connectivity index (χ1) is 10.2. The topological polar surface area (TPSA) is 45.5 Å². The van der Waals surface area contributed by atoms with Gasteiger partial charge >= 0.3 is 0 Å². The molecule has 0 unspecified atom stereocenters. The average Bonchev–Trinajstić information content (AvgIpc) is 3.13. The third-order valence-electron chi connectivity index (χ3n) is 4.34. The molecule has 3 rings (SSSR count). The first kappa shape index (κ1) is 14.9. The van der Waals surface area contributed by atoms with Gasteiger partial charge in [-0.3, -0.25) is 4.40 Å². The van der Waals surface area contributed by atoms with E-state index < -0.39 is 0 Å². The highest BCUT2D eigenvalue weighted by atomic mass is 79.9. The standard InChI is InChI=1S/C15H22BrN5/c1-20(12-4-2-3-5-12)7-6-17-8-13-9-19-15-10-18-14(16)11-21(13)15/h9-12,17H,2-8H2,1H3. The van der Waals surface area contributed by atoms with Crippen molar-refractivity contribution in [3.05, 3.63) is 28.9 Å². The molecule has 6 heteroatoms. The van der Waals surface area contributed by atoms with E-state index in [0.29, 0.717) is 0 Å². The van der Waals surface area contributed by atoms with Crippen LogP contribution in [0.2, 0.25) is 0 Å². The van der Waals surface area contributed by atoms with Crippen molar-refractivity contribution >= 4 is 21.6 Å². The molecule has 0 atom stereocenters. The number of rotatable bonds is 6. The Hall–Kier alpha value is -0.980. The van der Waals surface area contributed by atoms with E-state index in [2.05, 4.69) is 47.6 Å². The van der Waals surface area contributed by atoms with Gasteiger partial charge in [-0.25, -0.2) is 9.97 Å². The van der Waals surface area contributed by atoms with Crippen molar-refractivity contribution in [3.8, 4) is 0 Å². The number of imidazole rings is 1. The lowest BCUT2D eigenvalue weighted by Gasteiger charge is -2.23. The summed E-state index contributed by atoms with van der Waals surface area (Å²) >= 11 is 3.40. The van der Waals surface area contributed by atoms with Gasteiger partial charge in [-0.05, 0) is 35.8 Å². The fourth-order valence-corrected chi connectivity index (χ4v) is 3.35. The third kappa shape index (κ3) is 3.62. The van der Waals surface area contributed by atoms with Crippen LogP contribution in [-0.2, 0) is 6.54 Å². The summed E-state index contributed by atoms with van der Waals surface area (Å²) in [4.78, 5) is 11.1. The second-order valence-corrected chi connectivity index (χ2v) is 6.60. The minimum atomic E-state index is 0.796. The highest BCUT2D eigenvalue weighted by Gasteiger charge is 2.18. The summed E-state index contributed by atoms with van der Waals surface area (Å²) in [6, 6.07) is 0.796.